The summed E-state index contributed by atoms with van der Waals surface area (Å²) in [6.07, 6.45) is 2.14. The Morgan fingerprint density at radius 3 is 2.37 bits per heavy atom. The number of aryl methyl sites for hydroxylation is 1. The second kappa shape index (κ2) is 8.31. The molecule has 0 spiro atoms. The molecule has 1 heterocycles. The van der Waals surface area contributed by atoms with Gasteiger partial charge in [0.05, 0.1) is 12.7 Å². The molecule has 2 atom stereocenters. The largest absolute Gasteiger partial charge is 0.466 e. The third kappa shape index (κ3) is 3.58. The van der Waals surface area contributed by atoms with Crippen molar-refractivity contribution in [1.29, 1.82) is 0 Å². The van der Waals surface area contributed by atoms with Crippen LogP contribution >= 0.6 is 0 Å². The van der Waals surface area contributed by atoms with E-state index in [0.717, 1.165) is 29.8 Å². The number of hydrogen-bond acceptors (Lipinski definition) is 4. The van der Waals surface area contributed by atoms with Crippen LogP contribution in [0.5, 0.6) is 0 Å². The number of ether oxygens (including phenoxy) is 1. The standard InChI is InChI=1S/C26H27NO3/c1-4-17-10-12-19(13-11-17)24-23(26(29)30-3)16(2)27-21-14-20(15-22(28)25(21)24)18-8-6-5-7-9-18/h5-13,20,24,27H,4,14-15H2,1-3H3/t20-,24+/m0/s1. The molecule has 2 aromatic carbocycles. The highest BCUT2D eigenvalue weighted by atomic mass is 16.5. The van der Waals surface area contributed by atoms with E-state index in [-0.39, 0.29) is 11.7 Å². The number of methoxy groups -OCH3 is 1. The van der Waals surface area contributed by atoms with Crippen LogP contribution in [0.3, 0.4) is 0 Å². The van der Waals surface area contributed by atoms with Crippen LogP contribution in [-0.2, 0) is 20.7 Å². The van der Waals surface area contributed by atoms with Crippen LogP contribution in [0.25, 0.3) is 0 Å². The summed E-state index contributed by atoms with van der Waals surface area (Å²) in [7, 11) is 1.39. The van der Waals surface area contributed by atoms with Crippen LogP contribution in [0.15, 0.2) is 77.1 Å². The first-order chi connectivity index (χ1) is 14.5. The lowest BCUT2D eigenvalue weighted by Crippen LogP contribution is -2.36. The monoisotopic (exact) mass is 401 g/mol. The number of nitrogens with one attached hydrogen (secondary N) is 1. The molecule has 2 aliphatic rings. The van der Waals surface area contributed by atoms with E-state index in [1.807, 2.05) is 37.3 Å². The average Bonchev–Trinajstić information content (AvgIpc) is 2.78. The van der Waals surface area contributed by atoms with Gasteiger partial charge in [-0.1, -0.05) is 61.5 Å². The van der Waals surface area contributed by atoms with Gasteiger partial charge in [0.15, 0.2) is 5.78 Å². The summed E-state index contributed by atoms with van der Waals surface area (Å²) in [6.45, 7) is 4.00. The molecule has 0 aromatic heterocycles. The normalized spacial score (nSPS) is 21.2. The van der Waals surface area contributed by atoms with Gasteiger partial charge in [0.1, 0.15) is 0 Å². The number of hydrogen-bond donors (Lipinski definition) is 1. The van der Waals surface area contributed by atoms with Crippen molar-refractivity contribution in [2.24, 2.45) is 0 Å². The highest BCUT2D eigenvalue weighted by molar-refractivity contribution is 6.04. The van der Waals surface area contributed by atoms with Gasteiger partial charge in [-0.3, -0.25) is 4.79 Å². The van der Waals surface area contributed by atoms with Crippen molar-refractivity contribution in [3.8, 4) is 0 Å². The van der Waals surface area contributed by atoms with E-state index in [1.54, 1.807) is 0 Å². The fourth-order valence-electron chi connectivity index (χ4n) is 4.66. The van der Waals surface area contributed by atoms with Crippen molar-refractivity contribution in [2.45, 2.75) is 44.9 Å². The molecular formula is C26H27NO3. The molecule has 4 nitrogen and oxygen atoms in total. The third-order valence-corrected chi connectivity index (χ3v) is 6.23. The predicted molar refractivity (Wildman–Crippen MR) is 117 cm³/mol. The Kier molecular flexibility index (Phi) is 5.58. The number of dihydropyridines is 1. The number of allylic oxidation sites excluding steroid dienone is 3. The second-order valence-electron chi connectivity index (χ2n) is 8.01. The first-order valence-electron chi connectivity index (χ1n) is 10.5. The molecule has 154 valence electrons. The minimum atomic E-state index is -0.399. The molecule has 1 N–H and O–H groups in total. The number of rotatable bonds is 4. The Balaban J connectivity index is 1.80. The first-order valence-corrected chi connectivity index (χ1v) is 10.5. The van der Waals surface area contributed by atoms with Crippen LogP contribution < -0.4 is 5.32 Å². The molecule has 4 heteroatoms. The summed E-state index contributed by atoms with van der Waals surface area (Å²) >= 11 is 0. The van der Waals surface area contributed by atoms with Crippen LogP contribution in [0.1, 0.15) is 55.2 Å². The molecule has 30 heavy (non-hydrogen) atoms. The highest BCUT2D eigenvalue weighted by Gasteiger charge is 2.41. The van der Waals surface area contributed by atoms with Gasteiger partial charge >= 0.3 is 5.97 Å². The molecule has 1 aliphatic carbocycles. The number of carbonyl (C=O) groups is 2. The molecule has 0 saturated heterocycles. The zero-order valence-electron chi connectivity index (χ0n) is 17.7. The van der Waals surface area contributed by atoms with Crippen LogP contribution in [0, 0.1) is 0 Å². The van der Waals surface area contributed by atoms with Gasteiger partial charge < -0.3 is 10.1 Å². The second-order valence-corrected chi connectivity index (χ2v) is 8.01. The summed E-state index contributed by atoms with van der Waals surface area (Å²) in [5.74, 6) is -0.561. The topological polar surface area (TPSA) is 55.4 Å². The Morgan fingerprint density at radius 2 is 1.73 bits per heavy atom. The maximum Gasteiger partial charge on any atom is 0.336 e. The van der Waals surface area contributed by atoms with Gasteiger partial charge in [-0.2, -0.15) is 0 Å². The van der Waals surface area contributed by atoms with Crippen LogP contribution in [0.4, 0.5) is 0 Å². The van der Waals surface area contributed by atoms with Crippen molar-refractivity contribution < 1.29 is 14.3 Å². The molecular weight excluding hydrogens is 374 g/mol. The quantitative estimate of drug-likeness (QED) is 0.749. The zero-order valence-corrected chi connectivity index (χ0v) is 17.7. The van der Waals surface area contributed by atoms with Crippen molar-refractivity contribution in [3.05, 3.63) is 93.8 Å². The van der Waals surface area contributed by atoms with Gasteiger partial charge in [0.25, 0.3) is 0 Å². The smallest absolute Gasteiger partial charge is 0.336 e. The van der Waals surface area contributed by atoms with E-state index >= 15 is 0 Å². The lowest BCUT2D eigenvalue weighted by Gasteiger charge is -2.36. The Morgan fingerprint density at radius 1 is 1.03 bits per heavy atom. The Hall–Kier alpha value is -3.14. The number of Topliss-reactive ketones (excluding diaryl/α,β-unsaturated/α-hetero) is 1. The summed E-state index contributed by atoms with van der Waals surface area (Å²) in [5, 5.41) is 3.37. The molecule has 0 amide bonds. The highest BCUT2D eigenvalue weighted by Crippen LogP contribution is 2.45. The maximum absolute atomic E-state index is 13.4. The van der Waals surface area contributed by atoms with E-state index in [0.29, 0.717) is 17.6 Å². The minimum Gasteiger partial charge on any atom is -0.466 e. The molecule has 0 fully saturated rings. The van der Waals surface area contributed by atoms with Gasteiger partial charge in [-0.15, -0.1) is 0 Å². The number of ketones is 1. The fourth-order valence-corrected chi connectivity index (χ4v) is 4.66. The third-order valence-electron chi connectivity index (χ3n) is 6.23. The van der Waals surface area contributed by atoms with Crippen LogP contribution in [0.2, 0.25) is 0 Å². The van der Waals surface area contributed by atoms with Crippen LogP contribution in [-0.4, -0.2) is 18.9 Å². The number of esters is 1. The molecule has 0 bridgehead atoms. The fraction of sp³-hybridized carbons (Fsp3) is 0.308. The van der Waals surface area contributed by atoms with Crippen molar-refractivity contribution in [3.63, 3.8) is 0 Å². The van der Waals surface area contributed by atoms with E-state index in [2.05, 4.69) is 36.5 Å². The van der Waals surface area contributed by atoms with E-state index < -0.39 is 11.9 Å². The molecule has 0 radical (unpaired) electrons. The van der Waals surface area contributed by atoms with Crippen molar-refractivity contribution in [2.75, 3.05) is 7.11 Å². The number of carbonyl (C=O) groups excluding carboxylic acids is 2. The summed E-state index contributed by atoms with van der Waals surface area (Å²) < 4.78 is 5.09. The van der Waals surface area contributed by atoms with Gasteiger partial charge in [-0.05, 0) is 42.4 Å². The molecule has 4 rings (SSSR count). The summed E-state index contributed by atoms with van der Waals surface area (Å²) in [4.78, 5) is 26.1. The van der Waals surface area contributed by atoms with E-state index in [9.17, 15) is 9.59 Å². The van der Waals surface area contributed by atoms with Gasteiger partial charge in [0, 0.05) is 29.3 Å². The Bertz CT molecular complexity index is 1030. The first kappa shape index (κ1) is 20.1. The molecule has 1 aliphatic heterocycles. The molecule has 0 saturated carbocycles. The predicted octanol–water partition coefficient (Wildman–Crippen LogP) is 4.78. The summed E-state index contributed by atoms with van der Waals surface area (Å²) in [5.41, 5.74) is 6.25. The van der Waals surface area contributed by atoms with E-state index in [1.165, 1.54) is 18.2 Å². The zero-order chi connectivity index (χ0) is 21.3. The average molecular weight is 402 g/mol. The Labute approximate surface area is 177 Å². The minimum absolute atomic E-state index is 0.0936. The lowest BCUT2D eigenvalue weighted by atomic mass is 9.71. The van der Waals surface area contributed by atoms with E-state index in [4.69, 9.17) is 4.74 Å². The SMILES string of the molecule is CCc1ccc([C@@H]2C(C(=O)OC)=C(C)NC3=C2C(=O)C[C@@H](c2ccccc2)C3)cc1. The molecule has 0 unspecified atom stereocenters. The van der Waals surface area contributed by atoms with Crippen molar-refractivity contribution in [1.82, 2.24) is 5.32 Å². The van der Waals surface area contributed by atoms with Gasteiger partial charge in [-0.25, -0.2) is 4.79 Å². The summed E-state index contributed by atoms with van der Waals surface area (Å²) in [6, 6.07) is 18.4. The van der Waals surface area contributed by atoms with Crippen molar-refractivity contribution >= 4 is 11.8 Å². The lowest BCUT2D eigenvalue weighted by molar-refractivity contribution is -0.136. The maximum atomic E-state index is 13.4. The van der Waals surface area contributed by atoms with Gasteiger partial charge in [0.2, 0.25) is 0 Å². The molecule has 2 aromatic rings. The number of benzene rings is 2.